The SMILES string of the molecule is c1ccc(NCc2ccc3c(c2)CCCO3)cc1. The zero-order valence-electron chi connectivity index (χ0n) is 10.4. The van der Waals surface area contributed by atoms with Crippen molar-refractivity contribution >= 4 is 5.69 Å². The van der Waals surface area contributed by atoms with Gasteiger partial charge in [-0.15, -0.1) is 0 Å². The molecule has 1 aliphatic heterocycles. The van der Waals surface area contributed by atoms with Gasteiger partial charge in [-0.25, -0.2) is 0 Å². The number of rotatable bonds is 3. The standard InChI is InChI=1S/C16H17NO/c1-2-6-15(7-3-1)17-12-13-8-9-16-14(11-13)5-4-10-18-16/h1-3,6-9,11,17H,4-5,10,12H2. The largest absolute Gasteiger partial charge is 0.493 e. The molecule has 0 aromatic heterocycles. The molecule has 3 rings (SSSR count). The van der Waals surface area contributed by atoms with Crippen molar-refractivity contribution in [2.75, 3.05) is 11.9 Å². The van der Waals surface area contributed by atoms with E-state index in [4.69, 9.17) is 4.74 Å². The summed E-state index contributed by atoms with van der Waals surface area (Å²) in [5, 5.41) is 3.43. The predicted molar refractivity (Wildman–Crippen MR) is 74.0 cm³/mol. The van der Waals surface area contributed by atoms with Crippen molar-refractivity contribution in [3.8, 4) is 5.75 Å². The second-order valence-corrected chi connectivity index (χ2v) is 4.61. The molecule has 0 radical (unpaired) electrons. The third kappa shape index (κ3) is 2.48. The van der Waals surface area contributed by atoms with Crippen LogP contribution in [0.4, 0.5) is 5.69 Å². The number of para-hydroxylation sites is 1. The molecular formula is C16H17NO. The van der Waals surface area contributed by atoms with E-state index in [1.807, 2.05) is 18.2 Å². The lowest BCUT2D eigenvalue weighted by Gasteiger charge is -2.18. The van der Waals surface area contributed by atoms with E-state index in [0.29, 0.717) is 0 Å². The molecule has 0 spiro atoms. The van der Waals surface area contributed by atoms with Crippen molar-refractivity contribution in [2.45, 2.75) is 19.4 Å². The van der Waals surface area contributed by atoms with Gasteiger partial charge in [0.05, 0.1) is 6.61 Å². The van der Waals surface area contributed by atoms with Crippen molar-refractivity contribution in [3.05, 3.63) is 59.7 Å². The Morgan fingerprint density at radius 3 is 2.83 bits per heavy atom. The second-order valence-electron chi connectivity index (χ2n) is 4.61. The highest BCUT2D eigenvalue weighted by molar-refractivity contribution is 5.44. The molecule has 2 aromatic rings. The van der Waals surface area contributed by atoms with Gasteiger partial charge < -0.3 is 10.1 Å². The normalized spacial score (nSPS) is 13.6. The van der Waals surface area contributed by atoms with Gasteiger partial charge in [-0.3, -0.25) is 0 Å². The van der Waals surface area contributed by atoms with E-state index < -0.39 is 0 Å². The molecule has 0 saturated heterocycles. The Balaban J connectivity index is 1.70. The lowest BCUT2D eigenvalue weighted by molar-refractivity contribution is 0.288. The Bertz CT molecular complexity index is 522. The van der Waals surface area contributed by atoms with Crippen LogP contribution in [-0.2, 0) is 13.0 Å². The van der Waals surface area contributed by atoms with Crippen molar-refractivity contribution in [1.82, 2.24) is 0 Å². The highest BCUT2D eigenvalue weighted by Crippen LogP contribution is 2.25. The molecule has 2 heteroatoms. The summed E-state index contributed by atoms with van der Waals surface area (Å²) in [7, 11) is 0. The Hall–Kier alpha value is -1.96. The first-order valence-corrected chi connectivity index (χ1v) is 6.45. The molecule has 1 aliphatic rings. The summed E-state index contributed by atoms with van der Waals surface area (Å²) in [6, 6.07) is 16.8. The van der Waals surface area contributed by atoms with Crippen LogP contribution in [0.2, 0.25) is 0 Å². The minimum Gasteiger partial charge on any atom is -0.493 e. The Morgan fingerprint density at radius 2 is 1.94 bits per heavy atom. The van der Waals surface area contributed by atoms with Crippen LogP contribution in [-0.4, -0.2) is 6.61 Å². The van der Waals surface area contributed by atoms with Gasteiger partial charge in [0.2, 0.25) is 0 Å². The average Bonchev–Trinajstić information content (AvgIpc) is 2.46. The van der Waals surface area contributed by atoms with Crippen LogP contribution in [0, 0.1) is 0 Å². The maximum atomic E-state index is 5.62. The summed E-state index contributed by atoms with van der Waals surface area (Å²) in [4.78, 5) is 0. The fraction of sp³-hybridized carbons (Fsp3) is 0.250. The van der Waals surface area contributed by atoms with Gasteiger partial charge >= 0.3 is 0 Å². The van der Waals surface area contributed by atoms with Crippen molar-refractivity contribution < 1.29 is 4.74 Å². The van der Waals surface area contributed by atoms with Gasteiger partial charge in [0.1, 0.15) is 5.75 Å². The van der Waals surface area contributed by atoms with Gasteiger partial charge in [0.15, 0.2) is 0 Å². The number of anilines is 1. The van der Waals surface area contributed by atoms with E-state index in [0.717, 1.165) is 37.4 Å². The van der Waals surface area contributed by atoms with Crippen molar-refractivity contribution in [3.63, 3.8) is 0 Å². The summed E-state index contributed by atoms with van der Waals surface area (Å²) >= 11 is 0. The molecule has 0 atom stereocenters. The van der Waals surface area contributed by atoms with Gasteiger partial charge in [-0.05, 0) is 42.2 Å². The zero-order valence-corrected chi connectivity index (χ0v) is 10.4. The molecule has 2 nitrogen and oxygen atoms in total. The van der Waals surface area contributed by atoms with E-state index in [1.54, 1.807) is 0 Å². The molecule has 0 saturated carbocycles. The Kier molecular flexibility index (Phi) is 3.18. The van der Waals surface area contributed by atoms with Gasteiger partial charge in [0, 0.05) is 12.2 Å². The molecule has 92 valence electrons. The second kappa shape index (κ2) is 5.13. The molecule has 0 amide bonds. The van der Waals surface area contributed by atoms with E-state index in [-0.39, 0.29) is 0 Å². The third-order valence-corrected chi connectivity index (χ3v) is 3.24. The number of nitrogens with one attached hydrogen (secondary N) is 1. The van der Waals surface area contributed by atoms with E-state index in [2.05, 4.69) is 35.6 Å². The molecule has 1 heterocycles. The minimum absolute atomic E-state index is 0.856. The van der Waals surface area contributed by atoms with E-state index in [1.165, 1.54) is 11.1 Å². The van der Waals surface area contributed by atoms with Crippen LogP contribution in [0.1, 0.15) is 17.5 Å². The van der Waals surface area contributed by atoms with Gasteiger partial charge in [-0.2, -0.15) is 0 Å². The Morgan fingerprint density at radius 1 is 1.06 bits per heavy atom. The number of fused-ring (bicyclic) bond motifs is 1. The highest BCUT2D eigenvalue weighted by Gasteiger charge is 2.10. The highest BCUT2D eigenvalue weighted by atomic mass is 16.5. The summed E-state index contributed by atoms with van der Waals surface area (Å²) in [5.41, 5.74) is 3.81. The summed E-state index contributed by atoms with van der Waals surface area (Å²) in [6.45, 7) is 1.71. The zero-order chi connectivity index (χ0) is 12.2. The maximum absolute atomic E-state index is 5.62. The first kappa shape index (κ1) is 11.1. The smallest absolute Gasteiger partial charge is 0.122 e. The monoisotopic (exact) mass is 239 g/mol. The summed E-state index contributed by atoms with van der Waals surface area (Å²) in [5.74, 6) is 1.06. The fourth-order valence-corrected chi connectivity index (χ4v) is 2.28. The number of ether oxygens (including phenoxy) is 1. The first-order valence-electron chi connectivity index (χ1n) is 6.45. The van der Waals surface area contributed by atoms with E-state index >= 15 is 0 Å². The molecule has 2 aromatic carbocycles. The number of aryl methyl sites for hydroxylation is 1. The molecule has 0 fully saturated rings. The molecular weight excluding hydrogens is 222 g/mol. The number of hydrogen-bond acceptors (Lipinski definition) is 2. The third-order valence-electron chi connectivity index (χ3n) is 3.24. The van der Waals surface area contributed by atoms with Gasteiger partial charge in [-0.1, -0.05) is 30.3 Å². The fourth-order valence-electron chi connectivity index (χ4n) is 2.28. The quantitative estimate of drug-likeness (QED) is 0.883. The average molecular weight is 239 g/mol. The molecule has 18 heavy (non-hydrogen) atoms. The van der Waals surface area contributed by atoms with Crippen LogP contribution in [0.15, 0.2) is 48.5 Å². The topological polar surface area (TPSA) is 21.3 Å². The molecule has 0 bridgehead atoms. The summed E-state index contributed by atoms with van der Waals surface area (Å²) in [6.07, 6.45) is 2.26. The minimum atomic E-state index is 0.856. The maximum Gasteiger partial charge on any atom is 0.122 e. The van der Waals surface area contributed by atoms with Crippen LogP contribution in [0.3, 0.4) is 0 Å². The van der Waals surface area contributed by atoms with Crippen molar-refractivity contribution in [1.29, 1.82) is 0 Å². The molecule has 0 unspecified atom stereocenters. The first-order chi connectivity index (χ1) is 8.92. The van der Waals surface area contributed by atoms with Crippen LogP contribution < -0.4 is 10.1 Å². The van der Waals surface area contributed by atoms with Crippen LogP contribution in [0.25, 0.3) is 0 Å². The number of hydrogen-bond donors (Lipinski definition) is 1. The predicted octanol–water partition coefficient (Wildman–Crippen LogP) is 3.62. The van der Waals surface area contributed by atoms with Crippen LogP contribution >= 0.6 is 0 Å². The van der Waals surface area contributed by atoms with Gasteiger partial charge in [0.25, 0.3) is 0 Å². The lowest BCUT2D eigenvalue weighted by Crippen LogP contribution is -2.09. The summed E-state index contributed by atoms with van der Waals surface area (Å²) < 4.78 is 5.62. The molecule has 1 N–H and O–H groups in total. The van der Waals surface area contributed by atoms with E-state index in [9.17, 15) is 0 Å². The molecule has 0 aliphatic carbocycles. The van der Waals surface area contributed by atoms with Crippen LogP contribution in [0.5, 0.6) is 5.75 Å². The Labute approximate surface area is 108 Å². The number of benzene rings is 2. The lowest BCUT2D eigenvalue weighted by atomic mass is 10.0. The van der Waals surface area contributed by atoms with Crippen molar-refractivity contribution in [2.24, 2.45) is 0 Å².